The molecule has 0 aliphatic heterocycles. The fraction of sp³-hybridized carbons (Fsp3) is 0.875. The van der Waals surface area contributed by atoms with E-state index in [0.29, 0.717) is 0 Å². The van der Waals surface area contributed by atoms with Gasteiger partial charge in [-0.05, 0) is 46.6 Å². The van der Waals surface area contributed by atoms with Gasteiger partial charge in [0.15, 0.2) is 0 Å². The lowest BCUT2D eigenvalue weighted by Gasteiger charge is -2.22. The molecular weight excluding hydrogens is 352 g/mol. The minimum absolute atomic E-state index is 0.00993. The van der Waals surface area contributed by atoms with Crippen molar-refractivity contribution >= 4 is 5.97 Å². The number of aliphatic carboxylic acids is 1. The second-order valence-corrected chi connectivity index (χ2v) is 8.40. The Bertz CT molecular complexity index is 401. The maximum absolute atomic E-state index is 10.8. The van der Waals surface area contributed by atoms with Gasteiger partial charge in [-0.15, -0.1) is 0 Å². The Hall–Kier alpha value is -1.03. The van der Waals surface area contributed by atoms with Gasteiger partial charge >= 0.3 is 5.97 Å². The molecule has 0 heterocycles. The minimum atomic E-state index is -0.825. The number of hydrogen-bond acceptors (Lipinski definition) is 3. The maximum atomic E-state index is 10.8. The van der Waals surface area contributed by atoms with Gasteiger partial charge in [-0.25, -0.2) is 0 Å². The highest BCUT2D eigenvalue weighted by Gasteiger charge is 2.13. The third-order valence-electron chi connectivity index (χ3n) is 4.70. The molecule has 0 spiro atoms. The average Bonchev–Trinajstić information content (AvgIpc) is 2.61. The number of carboxylic acids is 1. The monoisotopic (exact) mass is 398 g/mol. The zero-order valence-electron chi connectivity index (χ0n) is 19.2. The van der Waals surface area contributed by atoms with E-state index in [1.807, 2.05) is 13.8 Å². The Morgan fingerprint density at radius 2 is 1.43 bits per heavy atom. The molecule has 0 aliphatic rings. The molecule has 0 amide bonds. The molecule has 0 aromatic heterocycles. The number of carbonyl (C=O) groups is 1. The molecular formula is C24H46O4. The summed E-state index contributed by atoms with van der Waals surface area (Å²) >= 11 is 0. The van der Waals surface area contributed by atoms with Crippen LogP contribution < -0.4 is 0 Å². The van der Waals surface area contributed by atoms with E-state index in [9.17, 15) is 4.79 Å². The fourth-order valence-electron chi connectivity index (χ4n) is 3.36. The Kier molecular flexibility index (Phi) is 17.4. The van der Waals surface area contributed by atoms with Gasteiger partial charge in [0, 0.05) is 6.42 Å². The first-order valence-corrected chi connectivity index (χ1v) is 11.6. The second kappa shape index (κ2) is 18.0. The highest BCUT2D eigenvalue weighted by molar-refractivity contribution is 5.68. The van der Waals surface area contributed by atoms with Crippen molar-refractivity contribution in [3.63, 3.8) is 0 Å². The molecule has 4 heteroatoms. The molecule has 0 saturated heterocycles. The first-order valence-electron chi connectivity index (χ1n) is 11.6. The number of rotatable bonds is 19. The Morgan fingerprint density at radius 3 is 1.93 bits per heavy atom. The molecule has 0 aliphatic carbocycles. The summed E-state index contributed by atoms with van der Waals surface area (Å²) in [7, 11) is 0. The lowest BCUT2D eigenvalue weighted by molar-refractivity contribution is -0.136. The van der Waals surface area contributed by atoms with Gasteiger partial charge in [0.25, 0.3) is 0 Å². The van der Waals surface area contributed by atoms with Crippen LogP contribution in [0.2, 0.25) is 0 Å². The van der Waals surface area contributed by atoms with E-state index in [-0.39, 0.29) is 24.7 Å². The van der Waals surface area contributed by atoms with Crippen LogP contribution >= 0.6 is 0 Å². The molecule has 4 nitrogen and oxygen atoms in total. The Morgan fingerprint density at radius 1 is 0.857 bits per heavy atom. The van der Waals surface area contributed by atoms with Crippen LogP contribution in [0.1, 0.15) is 118 Å². The van der Waals surface area contributed by atoms with E-state index >= 15 is 0 Å². The van der Waals surface area contributed by atoms with Gasteiger partial charge in [-0.2, -0.15) is 0 Å². The second-order valence-electron chi connectivity index (χ2n) is 8.40. The molecule has 166 valence electrons. The van der Waals surface area contributed by atoms with Crippen molar-refractivity contribution in [2.24, 2.45) is 0 Å². The van der Waals surface area contributed by atoms with Gasteiger partial charge < -0.3 is 14.6 Å². The molecule has 1 atom stereocenters. The van der Waals surface area contributed by atoms with E-state index in [1.165, 1.54) is 57.8 Å². The highest BCUT2D eigenvalue weighted by atomic mass is 16.5. The molecule has 0 bridgehead atoms. The number of ether oxygens (including phenoxy) is 2. The van der Waals surface area contributed by atoms with Gasteiger partial charge in [0.1, 0.15) is 0 Å². The van der Waals surface area contributed by atoms with E-state index in [2.05, 4.69) is 20.8 Å². The van der Waals surface area contributed by atoms with Crippen molar-refractivity contribution in [1.82, 2.24) is 0 Å². The molecule has 0 saturated carbocycles. The van der Waals surface area contributed by atoms with Crippen molar-refractivity contribution in [1.29, 1.82) is 0 Å². The van der Waals surface area contributed by atoms with Gasteiger partial charge in [0.05, 0.1) is 30.5 Å². The fourth-order valence-corrected chi connectivity index (χ4v) is 3.36. The first-order chi connectivity index (χ1) is 13.3. The predicted molar refractivity (Wildman–Crippen MR) is 118 cm³/mol. The molecule has 0 radical (unpaired) electrons. The zero-order chi connectivity index (χ0) is 21.2. The Labute approximate surface area is 174 Å². The molecule has 0 aromatic rings. The Balaban J connectivity index is 4.23. The predicted octanol–water partition coefficient (Wildman–Crippen LogP) is 7.26. The largest absolute Gasteiger partial charge is 0.496 e. The summed E-state index contributed by atoms with van der Waals surface area (Å²) in [4.78, 5) is 10.8. The summed E-state index contributed by atoms with van der Waals surface area (Å²) in [5.74, 6) is -0.0450. The van der Waals surface area contributed by atoms with Crippen LogP contribution in [-0.2, 0) is 14.3 Å². The molecule has 0 aromatic carbocycles. The molecule has 0 rings (SSSR count). The smallest absolute Gasteiger partial charge is 0.307 e. The third-order valence-corrected chi connectivity index (χ3v) is 4.70. The lowest BCUT2D eigenvalue weighted by Crippen LogP contribution is -2.19. The van der Waals surface area contributed by atoms with Crippen LogP contribution in [0.15, 0.2) is 11.8 Å². The van der Waals surface area contributed by atoms with Crippen LogP contribution in [0.3, 0.4) is 0 Å². The van der Waals surface area contributed by atoms with Gasteiger partial charge in [-0.1, -0.05) is 64.7 Å². The molecule has 28 heavy (non-hydrogen) atoms. The van der Waals surface area contributed by atoms with Crippen molar-refractivity contribution < 1.29 is 19.4 Å². The van der Waals surface area contributed by atoms with Crippen LogP contribution in [0.4, 0.5) is 0 Å². The van der Waals surface area contributed by atoms with Crippen LogP contribution in [0.5, 0.6) is 0 Å². The SMILES string of the molecule is CCCCCCCCCCCC(CCC(=CCC(=O)O)OC(C)C)OC(C)C. The van der Waals surface area contributed by atoms with Crippen molar-refractivity contribution in [3.05, 3.63) is 11.8 Å². The summed E-state index contributed by atoms with van der Waals surface area (Å²) in [5, 5.41) is 8.92. The topological polar surface area (TPSA) is 55.8 Å². The molecule has 1 unspecified atom stereocenters. The first kappa shape index (κ1) is 27.0. The molecule has 0 fully saturated rings. The summed E-state index contributed by atoms with van der Waals surface area (Å²) in [6.45, 7) is 10.4. The summed E-state index contributed by atoms with van der Waals surface area (Å²) in [6.07, 6.45) is 16.9. The summed E-state index contributed by atoms with van der Waals surface area (Å²) in [5.41, 5.74) is 0. The number of allylic oxidation sites excluding steroid dienone is 1. The normalized spacial score (nSPS) is 13.3. The van der Waals surface area contributed by atoms with E-state index in [4.69, 9.17) is 14.6 Å². The van der Waals surface area contributed by atoms with E-state index < -0.39 is 5.97 Å². The standard InChI is InChI=1S/C24H46O4/c1-6-7-8-9-10-11-12-13-14-15-22(27-20(2)3)16-17-23(28-21(4)5)18-19-24(25)26/h18,20-22H,6-17,19H2,1-5H3,(H,25,26). The third kappa shape index (κ3) is 18.3. The van der Waals surface area contributed by atoms with E-state index in [0.717, 1.165) is 25.0 Å². The van der Waals surface area contributed by atoms with Crippen molar-refractivity contribution in [3.8, 4) is 0 Å². The number of carboxylic acid groups (broad SMARTS) is 1. The van der Waals surface area contributed by atoms with Crippen molar-refractivity contribution in [2.75, 3.05) is 0 Å². The number of unbranched alkanes of at least 4 members (excludes halogenated alkanes) is 8. The van der Waals surface area contributed by atoms with Crippen LogP contribution in [0.25, 0.3) is 0 Å². The summed E-state index contributed by atoms with van der Waals surface area (Å²) < 4.78 is 11.9. The average molecular weight is 399 g/mol. The van der Waals surface area contributed by atoms with Crippen LogP contribution in [-0.4, -0.2) is 29.4 Å². The lowest BCUT2D eigenvalue weighted by atomic mass is 10.0. The quantitative estimate of drug-likeness (QED) is 0.184. The van der Waals surface area contributed by atoms with Crippen molar-refractivity contribution in [2.45, 2.75) is 136 Å². The maximum Gasteiger partial charge on any atom is 0.307 e. The minimum Gasteiger partial charge on any atom is -0.496 e. The number of hydrogen-bond donors (Lipinski definition) is 1. The molecule has 1 N–H and O–H groups in total. The van der Waals surface area contributed by atoms with Crippen LogP contribution in [0, 0.1) is 0 Å². The summed E-state index contributed by atoms with van der Waals surface area (Å²) in [6, 6.07) is 0. The van der Waals surface area contributed by atoms with E-state index in [1.54, 1.807) is 6.08 Å². The van der Waals surface area contributed by atoms with Gasteiger partial charge in [-0.3, -0.25) is 4.79 Å². The zero-order valence-corrected chi connectivity index (χ0v) is 19.2. The van der Waals surface area contributed by atoms with Gasteiger partial charge in [0.2, 0.25) is 0 Å². The highest BCUT2D eigenvalue weighted by Crippen LogP contribution is 2.20.